The van der Waals surface area contributed by atoms with Crippen LogP contribution in [0.1, 0.15) is 9.75 Å². The summed E-state index contributed by atoms with van der Waals surface area (Å²) in [5.41, 5.74) is -0.557. The molecule has 1 aromatic heterocycles. The molecule has 1 aliphatic heterocycles. The molecule has 3 heteroatoms. The Morgan fingerprint density at radius 1 is 1.55 bits per heavy atom. The lowest BCUT2D eigenvalue weighted by Gasteiger charge is -2.36. The van der Waals surface area contributed by atoms with Gasteiger partial charge in [0.2, 0.25) is 0 Å². The van der Waals surface area contributed by atoms with Gasteiger partial charge in [-0.15, -0.1) is 11.3 Å². The Morgan fingerprint density at radius 3 is 2.64 bits per heavy atom. The third kappa shape index (κ3) is 1.09. The van der Waals surface area contributed by atoms with Crippen molar-refractivity contribution in [3.63, 3.8) is 0 Å². The van der Waals surface area contributed by atoms with Gasteiger partial charge in [0.25, 0.3) is 0 Å². The number of nitrogens with one attached hydrogen (secondary N) is 1. The Morgan fingerprint density at radius 2 is 2.27 bits per heavy atom. The topological polar surface area (TPSA) is 32.3 Å². The molecule has 1 aliphatic rings. The molecule has 0 amide bonds. The van der Waals surface area contributed by atoms with Gasteiger partial charge in [0.05, 0.1) is 0 Å². The van der Waals surface area contributed by atoms with Gasteiger partial charge < -0.3 is 10.4 Å². The second-order valence-corrected chi connectivity index (χ2v) is 4.33. The Hall–Kier alpha value is -0.380. The van der Waals surface area contributed by atoms with Gasteiger partial charge in [-0.05, 0) is 19.1 Å². The first kappa shape index (κ1) is 7.28. The van der Waals surface area contributed by atoms with Crippen molar-refractivity contribution < 1.29 is 5.11 Å². The van der Waals surface area contributed by atoms with E-state index in [1.54, 1.807) is 11.3 Å². The maximum Gasteiger partial charge on any atom is 0.123 e. The number of thiophene rings is 1. The van der Waals surface area contributed by atoms with Gasteiger partial charge >= 0.3 is 0 Å². The van der Waals surface area contributed by atoms with Crippen LogP contribution in [0.3, 0.4) is 0 Å². The van der Waals surface area contributed by atoms with Gasteiger partial charge in [-0.2, -0.15) is 0 Å². The van der Waals surface area contributed by atoms with Gasteiger partial charge in [-0.1, -0.05) is 0 Å². The summed E-state index contributed by atoms with van der Waals surface area (Å²) in [5.74, 6) is 0. The summed E-state index contributed by atoms with van der Waals surface area (Å²) in [7, 11) is 0. The molecule has 60 valence electrons. The maximum absolute atomic E-state index is 9.84. The lowest BCUT2D eigenvalue weighted by Crippen LogP contribution is -2.56. The molecule has 2 N–H and O–H groups in total. The lowest BCUT2D eigenvalue weighted by atomic mass is 9.95. The number of rotatable bonds is 1. The van der Waals surface area contributed by atoms with E-state index < -0.39 is 5.60 Å². The highest BCUT2D eigenvalue weighted by molar-refractivity contribution is 7.12. The molecule has 0 radical (unpaired) electrons. The molecular weight excluding hydrogens is 158 g/mol. The van der Waals surface area contributed by atoms with Crippen LogP contribution in [0.2, 0.25) is 0 Å². The van der Waals surface area contributed by atoms with Crippen LogP contribution in [0.25, 0.3) is 0 Å². The summed E-state index contributed by atoms with van der Waals surface area (Å²) >= 11 is 1.68. The van der Waals surface area contributed by atoms with Gasteiger partial charge in [0, 0.05) is 22.8 Å². The first-order chi connectivity index (χ1) is 5.21. The predicted molar refractivity (Wildman–Crippen MR) is 45.8 cm³/mol. The first-order valence-corrected chi connectivity index (χ1v) is 4.52. The molecule has 11 heavy (non-hydrogen) atoms. The van der Waals surface area contributed by atoms with Gasteiger partial charge in [0.1, 0.15) is 5.60 Å². The van der Waals surface area contributed by atoms with E-state index in [-0.39, 0.29) is 0 Å². The van der Waals surface area contributed by atoms with Crippen LogP contribution >= 0.6 is 11.3 Å². The van der Waals surface area contributed by atoms with E-state index in [1.807, 2.05) is 6.07 Å². The van der Waals surface area contributed by atoms with Crippen LogP contribution in [-0.4, -0.2) is 18.2 Å². The normalized spacial score (nSPS) is 21.3. The zero-order valence-electron chi connectivity index (χ0n) is 6.42. The van der Waals surface area contributed by atoms with Crippen LogP contribution in [0.5, 0.6) is 0 Å². The van der Waals surface area contributed by atoms with Crippen LogP contribution in [0.4, 0.5) is 0 Å². The van der Waals surface area contributed by atoms with Crippen molar-refractivity contribution in [2.24, 2.45) is 0 Å². The average Bonchev–Trinajstić information content (AvgIpc) is 2.31. The SMILES string of the molecule is Cc1ccc(C2(O)CNC2)s1. The third-order valence-electron chi connectivity index (χ3n) is 2.03. The van der Waals surface area contributed by atoms with Crippen molar-refractivity contribution in [3.8, 4) is 0 Å². The third-order valence-corrected chi connectivity index (χ3v) is 3.23. The molecule has 2 heterocycles. The molecule has 0 spiro atoms. The Labute approximate surface area is 69.9 Å². The fourth-order valence-electron chi connectivity index (χ4n) is 1.22. The minimum Gasteiger partial charge on any atom is -0.382 e. The second kappa shape index (κ2) is 2.30. The molecule has 0 atom stereocenters. The molecule has 2 nitrogen and oxygen atoms in total. The molecule has 1 aromatic rings. The van der Waals surface area contributed by atoms with E-state index in [0.717, 1.165) is 4.88 Å². The van der Waals surface area contributed by atoms with Gasteiger partial charge in [-0.3, -0.25) is 0 Å². The average molecular weight is 169 g/mol. The molecular formula is C8H11NOS. The van der Waals surface area contributed by atoms with E-state index in [2.05, 4.69) is 18.3 Å². The fourth-order valence-corrected chi connectivity index (χ4v) is 2.17. The Bertz CT molecular complexity index is 265. The highest BCUT2D eigenvalue weighted by Crippen LogP contribution is 2.30. The Balaban J connectivity index is 2.28. The van der Waals surface area contributed by atoms with Crippen LogP contribution in [0.15, 0.2) is 12.1 Å². The van der Waals surface area contributed by atoms with E-state index in [4.69, 9.17) is 0 Å². The zero-order chi connectivity index (χ0) is 7.90. The number of β-amino-alcohol motifs (C(OH)–C–C–N with tert-alkyl or cyclic N) is 1. The van der Waals surface area contributed by atoms with Crippen molar-refractivity contribution in [2.45, 2.75) is 12.5 Å². The van der Waals surface area contributed by atoms with E-state index in [1.165, 1.54) is 4.88 Å². The highest BCUT2D eigenvalue weighted by Gasteiger charge is 2.37. The van der Waals surface area contributed by atoms with Crippen LogP contribution in [0, 0.1) is 6.92 Å². The molecule has 0 saturated carbocycles. The van der Waals surface area contributed by atoms with E-state index >= 15 is 0 Å². The lowest BCUT2D eigenvalue weighted by molar-refractivity contribution is -0.0112. The maximum atomic E-state index is 9.84. The van der Waals surface area contributed by atoms with Crippen molar-refractivity contribution >= 4 is 11.3 Å². The van der Waals surface area contributed by atoms with Crippen molar-refractivity contribution in [3.05, 3.63) is 21.9 Å². The standard InChI is InChI=1S/C8H11NOS/c1-6-2-3-7(11-6)8(10)4-9-5-8/h2-3,9-10H,4-5H2,1H3. The predicted octanol–water partition coefficient (Wildman–Crippen LogP) is 0.847. The smallest absolute Gasteiger partial charge is 0.123 e. The number of hydrogen-bond donors (Lipinski definition) is 2. The number of hydrogen-bond acceptors (Lipinski definition) is 3. The van der Waals surface area contributed by atoms with Gasteiger partial charge in [-0.25, -0.2) is 0 Å². The monoisotopic (exact) mass is 169 g/mol. The zero-order valence-corrected chi connectivity index (χ0v) is 7.24. The van der Waals surface area contributed by atoms with Crippen molar-refractivity contribution in [2.75, 3.05) is 13.1 Å². The van der Waals surface area contributed by atoms with Gasteiger partial charge in [0.15, 0.2) is 0 Å². The molecule has 0 aromatic carbocycles. The highest BCUT2D eigenvalue weighted by atomic mass is 32.1. The molecule has 0 aliphatic carbocycles. The van der Waals surface area contributed by atoms with E-state index in [9.17, 15) is 5.11 Å². The molecule has 0 unspecified atom stereocenters. The summed E-state index contributed by atoms with van der Waals surface area (Å²) in [4.78, 5) is 2.36. The minimum absolute atomic E-state index is 0.557. The molecule has 2 rings (SSSR count). The second-order valence-electron chi connectivity index (χ2n) is 3.05. The molecule has 1 saturated heterocycles. The summed E-state index contributed by atoms with van der Waals surface area (Å²) in [6.45, 7) is 3.46. The Kier molecular flexibility index (Phi) is 1.52. The summed E-state index contributed by atoms with van der Waals surface area (Å²) in [6, 6.07) is 4.07. The quantitative estimate of drug-likeness (QED) is 0.653. The number of aliphatic hydroxyl groups is 1. The number of aryl methyl sites for hydroxylation is 1. The first-order valence-electron chi connectivity index (χ1n) is 3.71. The summed E-state index contributed by atoms with van der Waals surface area (Å²) in [6.07, 6.45) is 0. The fraction of sp³-hybridized carbons (Fsp3) is 0.500. The van der Waals surface area contributed by atoms with Crippen molar-refractivity contribution in [1.29, 1.82) is 0 Å². The molecule has 1 fully saturated rings. The largest absolute Gasteiger partial charge is 0.382 e. The molecule has 0 bridgehead atoms. The minimum atomic E-state index is -0.557. The summed E-state index contributed by atoms with van der Waals surface area (Å²) in [5, 5.41) is 12.9. The van der Waals surface area contributed by atoms with E-state index in [0.29, 0.717) is 13.1 Å². The summed E-state index contributed by atoms with van der Waals surface area (Å²) < 4.78 is 0. The van der Waals surface area contributed by atoms with Crippen LogP contribution in [-0.2, 0) is 5.60 Å². The van der Waals surface area contributed by atoms with Crippen LogP contribution < -0.4 is 5.32 Å². The van der Waals surface area contributed by atoms with Crippen molar-refractivity contribution in [1.82, 2.24) is 5.32 Å².